The Balaban J connectivity index is 1.58. The van der Waals surface area contributed by atoms with Gasteiger partial charge in [-0.1, -0.05) is 84.6 Å². The highest BCUT2D eigenvalue weighted by Crippen LogP contribution is 2.38. The average molecular weight is 1040 g/mol. The topological polar surface area (TPSA) is 315 Å². The summed E-state index contributed by atoms with van der Waals surface area (Å²) in [5.41, 5.74) is 0.155. The van der Waals surface area contributed by atoms with Crippen molar-refractivity contribution in [3.8, 4) is 0 Å². The molecule has 416 valence electrons. The molecule has 0 radical (unpaired) electrons. The van der Waals surface area contributed by atoms with E-state index < -0.39 is 160 Å². The Morgan fingerprint density at radius 2 is 1.25 bits per heavy atom. The number of fused-ring (bicyclic) bond motifs is 4. The van der Waals surface area contributed by atoms with Gasteiger partial charge in [0, 0.05) is 12.0 Å². The monoisotopic (exact) mass is 1040 g/mol. The van der Waals surface area contributed by atoms with Crippen molar-refractivity contribution < 1.29 is 107 Å². The molecule has 2 bridgehead atoms. The summed E-state index contributed by atoms with van der Waals surface area (Å²) in [5, 5.41) is 89.2. The summed E-state index contributed by atoms with van der Waals surface area (Å²) < 4.78 is 68.0. The molecule has 0 aliphatic carbocycles. The quantitative estimate of drug-likeness (QED) is 0.0560. The van der Waals surface area contributed by atoms with Crippen LogP contribution >= 0.6 is 0 Å². The van der Waals surface area contributed by atoms with Crippen molar-refractivity contribution in [3.63, 3.8) is 0 Å². The van der Waals surface area contributed by atoms with Gasteiger partial charge in [-0.2, -0.15) is 0 Å². The van der Waals surface area contributed by atoms with Gasteiger partial charge in [0.2, 0.25) is 0 Å². The molecule has 0 aromatic heterocycles. The second-order valence-electron chi connectivity index (χ2n) is 19.9. The lowest BCUT2D eigenvalue weighted by atomic mass is 9.95. The van der Waals surface area contributed by atoms with Gasteiger partial charge in [-0.25, -0.2) is 4.79 Å². The van der Waals surface area contributed by atoms with Crippen molar-refractivity contribution in [2.75, 3.05) is 13.2 Å². The van der Waals surface area contributed by atoms with Gasteiger partial charge in [-0.15, -0.1) is 0 Å². The minimum atomic E-state index is -1.95. The number of ether oxygens (including phenoxy) is 11. The van der Waals surface area contributed by atoms with Crippen LogP contribution in [0.1, 0.15) is 138 Å². The van der Waals surface area contributed by atoms with Crippen LogP contribution in [0.5, 0.6) is 0 Å². The highest BCUT2D eigenvalue weighted by Gasteiger charge is 2.58. The van der Waals surface area contributed by atoms with E-state index in [1.807, 2.05) is 0 Å². The molecular weight excluding hydrogens is 953 g/mol. The van der Waals surface area contributed by atoms with E-state index in [4.69, 9.17) is 52.1 Å². The van der Waals surface area contributed by atoms with Crippen LogP contribution in [0, 0.1) is 5.92 Å². The molecule has 5 heterocycles. The first-order valence-corrected chi connectivity index (χ1v) is 26.2. The van der Waals surface area contributed by atoms with Gasteiger partial charge in [0.05, 0.1) is 37.4 Å². The molecule has 0 aromatic rings. The SMILES string of the molecule is C/C=C(\C)C(=O)O[C@@H]1[C@@H](O)[C@H](O[C@@H]2[C@@H]3OC(=O)CCCCCCCCC[C@H](CCCCC)O[C@H]4O[C@H](C)[C@H](O)[C@@H](O)[C@@H]4O[C@@H]4O[C@H](CO)[C@H](O)[C@H](O)[C@H]4O[C@@H](O[C@@H]2C)[C@H]3OC(=O)[C@H](C)CC)O[C@H](CO)[C@H]1O. The Bertz CT molecular complexity index is 1690. The van der Waals surface area contributed by atoms with E-state index in [9.17, 15) is 55.2 Å². The van der Waals surface area contributed by atoms with Crippen molar-refractivity contribution in [2.45, 2.75) is 267 Å². The van der Waals surface area contributed by atoms with Crippen molar-refractivity contribution in [3.05, 3.63) is 11.6 Å². The van der Waals surface area contributed by atoms with Gasteiger partial charge in [-0.3, -0.25) is 9.59 Å². The van der Waals surface area contributed by atoms with E-state index >= 15 is 0 Å². The molecule has 0 aromatic carbocycles. The zero-order valence-electron chi connectivity index (χ0n) is 42.9. The van der Waals surface area contributed by atoms with Gasteiger partial charge in [0.1, 0.15) is 67.1 Å². The lowest BCUT2D eigenvalue weighted by molar-refractivity contribution is -0.399. The second-order valence-corrected chi connectivity index (χ2v) is 19.9. The maximum atomic E-state index is 14.0. The van der Waals surface area contributed by atoms with Crippen LogP contribution in [0.2, 0.25) is 0 Å². The first-order chi connectivity index (χ1) is 34.4. The van der Waals surface area contributed by atoms with Crippen LogP contribution in [0.3, 0.4) is 0 Å². The number of unbranched alkanes of at least 4 members (excludes halogenated alkanes) is 2. The number of hydrogen-bond acceptors (Lipinski definition) is 22. The Labute approximate surface area is 422 Å². The predicted octanol–water partition coefficient (Wildman–Crippen LogP) is 1.47. The molecule has 0 unspecified atom stereocenters. The number of hydrogen-bond donors (Lipinski definition) is 8. The number of esters is 3. The fourth-order valence-electron chi connectivity index (χ4n) is 9.45. The third kappa shape index (κ3) is 15.6. The molecule has 0 spiro atoms. The molecule has 5 saturated heterocycles. The summed E-state index contributed by atoms with van der Waals surface area (Å²) in [4.78, 5) is 40.8. The van der Waals surface area contributed by atoms with Crippen LogP contribution in [0.4, 0.5) is 0 Å². The number of carbonyl (C=O) groups is 3. The number of allylic oxidation sites excluding steroid dienone is 1. The molecule has 5 aliphatic rings. The van der Waals surface area contributed by atoms with E-state index in [2.05, 4.69) is 6.92 Å². The highest BCUT2D eigenvalue weighted by atomic mass is 16.8. The summed E-state index contributed by atoms with van der Waals surface area (Å²) in [6.45, 7) is 9.89. The number of rotatable bonds is 13. The third-order valence-corrected chi connectivity index (χ3v) is 14.4. The molecule has 5 fully saturated rings. The Kier molecular flexibility index (Phi) is 24.4. The lowest BCUT2D eigenvalue weighted by Gasteiger charge is -2.50. The summed E-state index contributed by atoms with van der Waals surface area (Å²) in [7, 11) is 0. The van der Waals surface area contributed by atoms with Crippen LogP contribution < -0.4 is 0 Å². The molecular formula is C50H84O22. The average Bonchev–Trinajstić information content (AvgIpc) is 3.36. The fourth-order valence-corrected chi connectivity index (χ4v) is 9.45. The zero-order chi connectivity index (χ0) is 52.8. The second kappa shape index (κ2) is 29.1. The molecule has 5 rings (SSSR count). The van der Waals surface area contributed by atoms with Crippen LogP contribution in [0.15, 0.2) is 11.6 Å². The van der Waals surface area contributed by atoms with Gasteiger partial charge in [-0.05, 0) is 53.4 Å². The molecule has 22 atom stereocenters. The molecule has 5 aliphatic heterocycles. The van der Waals surface area contributed by atoms with Crippen LogP contribution in [-0.2, 0) is 66.5 Å². The zero-order valence-corrected chi connectivity index (χ0v) is 42.9. The maximum Gasteiger partial charge on any atom is 0.333 e. The van der Waals surface area contributed by atoms with E-state index in [1.165, 1.54) is 19.9 Å². The van der Waals surface area contributed by atoms with E-state index in [1.54, 1.807) is 27.7 Å². The Morgan fingerprint density at radius 1 is 0.653 bits per heavy atom. The van der Waals surface area contributed by atoms with Crippen molar-refractivity contribution in [1.82, 2.24) is 0 Å². The number of aliphatic hydroxyl groups excluding tert-OH is 8. The molecule has 22 nitrogen and oxygen atoms in total. The van der Waals surface area contributed by atoms with Crippen molar-refractivity contribution in [1.29, 1.82) is 0 Å². The smallest absolute Gasteiger partial charge is 0.333 e. The Morgan fingerprint density at radius 3 is 1.89 bits per heavy atom. The molecule has 22 heteroatoms. The molecule has 0 amide bonds. The molecule has 72 heavy (non-hydrogen) atoms. The van der Waals surface area contributed by atoms with E-state index in [0.29, 0.717) is 32.1 Å². The van der Waals surface area contributed by atoms with Crippen LogP contribution in [0.25, 0.3) is 0 Å². The van der Waals surface area contributed by atoms with E-state index in [-0.39, 0.29) is 18.1 Å². The first-order valence-electron chi connectivity index (χ1n) is 26.2. The van der Waals surface area contributed by atoms with Crippen molar-refractivity contribution >= 4 is 17.9 Å². The highest BCUT2D eigenvalue weighted by molar-refractivity contribution is 5.87. The Hall–Kier alpha value is -2.49. The number of aliphatic hydroxyl groups is 8. The standard InChI is InChI=1S/C50H84O22/c1-8-11-17-20-29-21-18-15-13-12-14-16-19-22-32(53)67-43-39(70-47-38(59)40(35(56)31(24-52)65-47)68-45(60)25(4)9-2)28(7)63-50(44(43)69-46(61)26(5)10-3)72-42-37(58)34(55)30(23-51)66-49(42)71-41-36(57)33(54)27(6)62-48(41)64-29/h9,26-31,33-44,47-52,54-59H,8,10-24H2,1-7H3/b25-9+/t26-,27-,28-,29+,30-,31-,33+,34+,35-,36-,37+,38-,39+,40+,41+,42-,43+,44+,47+,48-,49+,50-/m1/s1. The van der Waals surface area contributed by atoms with Crippen LogP contribution in [-0.4, -0.2) is 201 Å². The summed E-state index contributed by atoms with van der Waals surface area (Å²) in [6, 6.07) is 0. The normalized spacial score (nSPS) is 41.8. The summed E-state index contributed by atoms with van der Waals surface area (Å²) in [5.74, 6) is -3.16. The first kappa shape index (κ1) is 60.4. The molecule has 0 saturated carbocycles. The minimum Gasteiger partial charge on any atom is -0.455 e. The van der Waals surface area contributed by atoms with Crippen molar-refractivity contribution in [2.24, 2.45) is 5.92 Å². The molecule has 8 N–H and O–H groups in total. The lowest BCUT2D eigenvalue weighted by Crippen LogP contribution is -2.68. The third-order valence-electron chi connectivity index (χ3n) is 14.4. The van der Waals surface area contributed by atoms with E-state index in [0.717, 1.165) is 51.4 Å². The fraction of sp³-hybridized carbons (Fsp3) is 0.900. The number of carbonyl (C=O) groups excluding carboxylic acids is 3. The van der Waals surface area contributed by atoms with Gasteiger partial charge in [0.15, 0.2) is 43.5 Å². The van der Waals surface area contributed by atoms with Gasteiger partial charge in [0.25, 0.3) is 0 Å². The largest absolute Gasteiger partial charge is 0.455 e. The summed E-state index contributed by atoms with van der Waals surface area (Å²) >= 11 is 0. The minimum absolute atomic E-state index is 0.0757. The maximum absolute atomic E-state index is 14.0. The van der Waals surface area contributed by atoms with Gasteiger partial charge < -0.3 is 93.0 Å². The van der Waals surface area contributed by atoms with Gasteiger partial charge >= 0.3 is 17.9 Å². The summed E-state index contributed by atoms with van der Waals surface area (Å²) in [6.07, 6.45) is -21.4. The predicted molar refractivity (Wildman–Crippen MR) is 250 cm³/mol.